The Kier molecular flexibility index (Phi) is 9.17. The van der Waals surface area contributed by atoms with Crippen molar-refractivity contribution in [3.8, 4) is 0 Å². The van der Waals surface area contributed by atoms with Gasteiger partial charge in [-0.3, -0.25) is 9.69 Å². The van der Waals surface area contributed by atoms with Crippen molar-refractivity contribution in [2.75, 3.05) is 13.1 Å². The van der Waals surface area contributed by atoms with E-state index in [1.165, 1.54) is 5.56 Å². The van der Waals surface area contributed by atoms with Crippen LogP contribution >= 0.6 is 24.8 Å². The van der Waals surface area contributed by atoms with Crippen molar-refractivity contribution in [3.05, 3.63) is 71.8 Å². The molecule has 2 aromatic rings. The quantitative estimate of drug-likeness (QED) is 0.723. The fourth-order valence-corrected chi connectivity index (χ4v) is 4.81. The van der Waals surface area contributed by atoms with E-state index in [0.29, 0.717) is 0 Å². The molecule has 0 bridgehead atoms. The largest absolute Gasteiger partial charge is 0.353 e. The standard InChI is InChI=1S/C24H31N3O.2ClH/c25-21-11-12-22(17-21)26-23(28)24(20-9-5-2-6-10-20)13-15-27(16-14-24)18-19-7-3-1-4-8-19;;/h1-10,21-22H,11-18,25H2,(H,26,28);2*1H/t21-,22-;;/m1../s1. The number of amides is 1. The molecule has 1 heterocycles. The summed E-state index contributed by atoms with van der Waals surface area (Å²) in [6.07, 6.45) is 4.62. The first-order valence-electron chi connectivity index (χ1n) is 10.5. The molecular weight excluding hydrogens is 417 g/mol. The van der Waals surface area contributed by atoms with Gasteiger partial charge in [0.1, 0.15) is 0 Å². The number of carbonyl (C=O) groups is 1. The van der Waals surface area contributed by atoms with Crippen LogP contribution in [-0.4, -0.2) is 36.0 Å². The molecule has 1 amide bonds. The molecule has 2 atom stereocenters. The highest BCUT2D eigenvalue weighted by Crippen LogP contribution is 2.37. The molecule has 1 aliphatic heterocycles. The lowest BCUT2D eigenvalue weighted by Crippen LogP contribution is -2.53. The van der Waals surface area contributed by atoms with E-state index in [4.69, 9.17) is 5.73 Å². The van der Waals surface area contributed by atoms with Crippen molar-refractivity contribution in [1.29, 1.82) is 0 Å². The molecule has 3 N–H and O–H groups in total. The number of hydrogen-bond acceptors (Lipinski definition) is 3. The van der Waals surface area contributed by atoms with Gasteiger partial charge in [0.2, 0.25) is 5.91 Å². The van der Waals surface area contributed by atoms with Crippen LogP contribution in [0.2, 0.25) is 0 Å². The Balaban J connectivity index is 0.00000160. The molecule has 1 aliphatic carbocycles. The number of halogens is 2. The lowest BCUT2D eigenvalue weighted by Gasteiger charge is -2.41. The second kappa shape index (κ2) is 11.1. The third kappa shape index (κ3) is 5.55. The Morgan fingerprint density at radius 1 is 0.967 bits per heavy atom. The number of hydrogen-bond donors (Lipinski definition) is 2. The second-order valence-corrected chi connectivity index (χ2v) is 8.45. The minimum Gasteiger partial charge on any atom is -0.353 e. The molecule has 0 unspecified atom stereocenters. The van der Waals surface area contributed by atoms with Gasteiger partial charge in [0.15, 0.2) is 0 Å². The van der Waals surface area contributed by atoms with Gasteiger partial charge in [0.05, 0.1) is 5.41 Å². The van der Waals surface area contributed by atoms with Gasteiger partial charge in [0, 0.05) is 18.6 Å². The zero-order chi connectivity index (χ0) is 19.4. The number of nitrogens with zero attached hydrogens (tertiary/aromatic N) is 1. The molecule has 0 radical (unpaired) electrons. The topological polar surface area (TPSA) is 58.4 Å². The number of piperidine rings is 1. The van der Waals surface area contributed by atoms with Crippen LogP contribution in [0.3, 0.4) is 0 Å². The highest BCUT2D eigenvalue weighted by molar-refractivity contribution is 5.88. The Bertz CT molecular complexity index is 780. The van der Waals surface area contributed by atoms with Crippen molar-refractivity contribution in [1.82, 2.24) is 10.2 Å². The number of nitrogens with one attached hydrogen (secondary N) is 1. The maximum absolute atomic E-state index is 13.5. The molecule has 30 heavy (non-hydrogen) atoms. The number of carbonyl (C=O) groups excluding carboxylic acids is 1. The summed E-state index contributed by atoms with van der Waals surface area (Å²) in [4.78, 5) is 15.9. The molecular formula is C24H33Cl2N3O. The third-order valence-corrected chi connectivity index (χ3v) is 6.53. The van der Waals surface area contributed by atoms with Crippen molar-refractivity contribution < 1.29 is 4.79 Å². The van der Waals surface area contributed by atoms with Gasteiger partial charge >= 0.3 is 0 Å². The van der Waals surface area contributed by atoms with Crippen LogP contribution in [0.15, 0.2) is 60.7 Å². The maximum Gasteiger partial charge on any atom is 0.230 e. The third-order valence-electron chi connectivity index (χ3n) is 6.53. The van der Waals surface area contributed by atoms with Crippen LogP contribution in [0.1, 0.15) is 43.2 Å². The average Bonchev–Trinajstić information content (AvgIpc) is 3.14. The molecule has 0 aromatic heterocycles. The first kappa shape index (κ1) is 24.7. The molecule has 164 valence electrons. The molecule has 4 nitrogen and oxygen atoms in total. The SMILES string of the molecule is Cl.Cl.N[C@@H]1CC[C@@H](NC(=O)C2(c3ccccc3)CCN(Cc3ccccc3)CC2)C1. The Labute approximate surface area is 192 Å². The van der Waals surface area contributed by atoms with Gasteiger partial charge in [-0.1, -0.05) is 60.7 Å². The van der Waals surface area contributed by atoms with Crippen molar-refractivity contribution >= 4 is 30.7 Å². The average molecular weight is 450 g/mol. The monoisotopic (exact) mass is 449 g/mol. The smallest absolute Gasteiger partial charge is 0.230 e. The van der Waals surface area contributed by atoms with E-state index in [1.54, 1.807) is 0 Å². The first-order chi connectivity index (χ1) is 13.7. The molecule has 6 heteroatoms. The first-order valence-corrected chi connectivity index (χ1v) is 10.5. The summed E-state index contributed by atoms with van der Waals surface area (Å²) in [5.74, 6) is 0.192. The van der Waals surface area contributed by atoms with Gasteiger partial charge in [-0.25, -0.2) is 0 Å². The van der Waals surface area contributed by atoms with Crippen molar-refractivity contribution in [2.45, 2.75) is 56.1 Å². The Morgan fingerprint density at radius 2 is 1.57 bits per heavy atom. The number of nitrogens with two attached hydrogens (primary N) is 1. The van der Waals surface area contributed by atoms with E-state index in [2.05, 4.69) is 52.7 Å². The minimum absolute atomic E-state index is 0. The van der Waals surface area contributed by atoms with E-state index >= 15 is 0 Å². The highest BCUT2D eigenvalue weighted by atomic mass is 35.5. The number of benzene rings is 2. The van der Waals surface area contributed by atoms with Gasteiger partial charge in [-0.05, 0) is 56.3 Å². The van der Waals surface area contributed by atoms with E-state index in [-0.39, 0.29) is 42.8 Å². The molecule has 1 saturated heterocycles. The van der Waals surface area contributed by atoms with Crippen LogP contribution in [0.25, 0.3) is 0 Å². The minimum atomic E-state index is -0.429. The van der Waals surface area contributed by atoms with Crippen LogP contribution in [0.5, 0.6) is 0 Å². The van der Waals surface area contributed by atoms with Gasteiger partial charge < -0.3 is 11.1 Å². The van der Waals surface area contributed by atoms with Crippen LogP contribution < -0.4 is 11.1 Å². The lowest BCUT2D eigenvalue weighted by molar-refractivity contribution is -0.129. The second-order valence-electron chi connectivity index (χ2n) is 8.45. The zero-order valence-corrected chi connectivity index (χ0v) is 19.0. The fraction of sp³-hybridized carbons (Fsp3) is 0.458. The van der Waals surface area contributed by atoms with Gasteiger partial charge in [-0.15, -0.1) is 24.8 Å². The van der Waals surface area contributed by atoms with E-state index in [9.17, 15) is 4.79 Å². The predicted octanol–water partition coefficient (Wildman–Crippen LogP) is 4.06. The van der Waals surface area contributed by atoms with E-state index in [1.807, 2.05) is 18.2 Å². The molecule has 2 fully saturated rings. The Hall–Kier alpha value is -1.59. The Morgan fingerprint density at radius 3 is 2.13 bits per heavy atom. The maximum atomic E-state index is 13.5. The zero-order valence-electron chi connectivity index (χ0n) is 17.3. The summed E-state index contributed by atoms with van der Waals surface area (Å²) >= 11 is 0. The fourth-order valence-electron chi connectivity index (χ4n) is 4.81. The van der Waals surface area contributed by atoms with E-state index < -0.39 is 5.41 Å². The van der Waals surface area contributed by atoms with E-state index in [0.717, 1.165) is 57.3 Å². The van der Waals surface area contributed by atoms with Crippen LogP contribution in [0.4, 0.5) is 0 Å². The number of rotatable bonds is 5. The summed E-state index contributed by atoms with van der Waals surface area (Å²) in [6, 6.07) is 21.4. The summed E-state index contributed by atoms with van der Waals surface area (Å²) in [6.45, 7) is 2.81. The predicted molar refractivity (Wildman–Crippen MR) is 127 cm³/mol. The molecule has 4 rings (SSSR count). The summed E-state index contributed by atoms with van der Waals surface area (Å²) in [7, 11) is 0. The van der Waals surface area contributed by atoms with Crippen LogP contribution in [-0.2, 0) is 16.8 Å². The van der Waals surface area contributed by atoms with Crippen molar-refractivity contribution in [2.24, 2.45) is 5.73 Å². The summed E-state index contributed by atoms with van der Waals surface area (Å²) in [5, 5.41) is 3.35. The molecule has 2 aromatic carbocycles. The molecule has 0 spiro atoms. The highest BCUT2D eigenvalue weighted by Gasteiger charge is 2.43. The van der Waals surface area contributed by atoms with Crippen molar-refractivity contribution in [3.63, 3.8) is 0 Å². The van der Waals surface area contributed by atoms with Gasteiger partial charge in [-0.2, -0.15) is 0 Å². The van der Waals surface area contributed by atoms with Gasteiger partial charge in [0.25, 0.3) is 0 Å². The lowest BCUT2D eigenvalue weighted by atomic mass is 9.71. The van der Waals surface area contributed by atoms with Crippen LogP contribution in [0, 0.1) is 0 Å². The number of likely N-dealkylation sites (tertiary alicyclic amines) is 1. The molecule has 1 saturated carbocycles. The summed E-state index contributed by atoms with van der Waals surface area (Å²) in [5.41, 5.74) is 8.11. The normalized spacial score (nSPS) is 23.1. The summed E-state index contributed by atoms with van der Waals surface area (Å²) < 4.78 is 0. The molecule has 2 aliphatic rings.